The Balaban J connectivity index is 2.44. The highest BCUT2D eigenvalue weighted by Crippen LogP contribution is 2.18. The van der Waals surface area contributed by atoms with Gasteiger partial charge < -0.3 is 0 Å². The molecule has 0 radical (unpaired) electrons. The van der Waals surface area contributed by atoms with Gasteiger partial charge in [-0.1, -0.05) is 20.3 Å². The van der Waals surface area contributed by atoms with Crippen molar-refractivity contribution in [1.29, 1.82) is 0 Å². The van der Waals surface area contributed by atoms with Crippen molar-refractivity contribution in [3.63, 3.8) is 0 Å². The predicted octanol–water partition coefficient (Wildman–Crippen LogP) is 2.24. The van der Waals surface area contributed by atoms with Crippen molar-refractivity contribution in [2.45, 2.75) is 39.3 Å². The molecule has 1 rings (SSSR count). The van der Waals surface area contributed by atoms with Gasteiger partial charge in [-0.15, -0.1) is 0 Å². The van der Waals surface area contributed by atoms with Crippen LogP contribution in [0, 0.1) is 0 Å². The van der Waals surface area contributed by atoms with Crippen molar-refractivity contribution in [2.24, 2.45) is 5.10 Å². The van der Waals surface area contributed by atoms with Gasteiger partial charge in [0.05, 0.1) is 0 Å². The average Bonchev–Trinajstić information content (AvgIpc) is 2.37. The lowest BCUT2D eigenvalue weighted by Gasteiger charge is -2.25. The summed E-state index contributed by atoms with van der Waals surface area (Å²) in [5.74, 6) is 0. The first-order chi connectivity index (χ1) is 5.79. The van der Waals surface area contributed by atoms with Gasteiger partial charge in [-0.05, 0) is 12.8 Å². The van der Waals surface area contributed by atoms with Gasteiger partial charge in [-0.25, -0.2) is 4.42 Å². The van der Waals surface area contributed by atoms with Gasteiger partial charge in [0, 0.05) is 18.3 Å². The maximum atomic E-state index is 5.93. The molecule has 0 aliphatic carbocycles. The van der Waals surface area contributed by atoms with Crippen LogP contribution in [0.15, 0.2) is 5.10 Å². The third-order valence-electron chi connectivity index (χ3n) is 1.94. The van der Waals surface area contributed by atoms with E-state index in [1.165, 1.54) is 0 Å². The Morgan fingerprint density at radius 1 is 1.42 bits per heavy atom. The number of hydrogen-bond donors (Lipinski definition) is 0. The summed E-state index contributed by atoms with van der Waals surface area (Å²) in [6, 6.07) is 0. The summed E-state index contributed by atoms with van der Waals surface area (Å²) >= 11 is 5.93. The summed E-state index contributed by atoms with van der Waals surface area (Å²) in [5.41, 5.74) is 0. The molecule has 0 saturated heterocycles. The highest BCUT2D eigenvalue weighted by atomic mass is 35.5. The molecule has 1 aliphatic heterocycles. The topological polar surface area (TPSA) is 18.8 Å². The van der Waals surface area contributed by atoms with Crippen LogP contribution < -0.4 is 0 Å². The molecule has 0 aromatic carbocycles. The van der Waals surface area contributed by atoms with E-state index in [2.05, 4.69) is 24.0 Å². The monoisotopic (exact) mass is 189 g/mol. The lowest BCUT2D eigenvalue weighted by Crippen LogP contribution is -2.34. The summed E-state index contributed by atoms with van der Waals surface area (Å²) in [6.45, 7) is 5.30. The summed E-state index contributed by atoms with van der Waals surface area (Å²) < 4.78 is 1.67. The van der Waals surface area contributed by atoms with Gasteiger partial charge in [0.1, 0.15) is 12.5 Å². The smallest absolute Gasteiger partial charge is 0.134 e. The molecule has 1 aliphatic rings. The normalized spacial score (nSPS) is 22.4. The van der Waals surface area contributed by atoms with Crippen LogP contribution in [0.4, 0.5) is 0 Å². The second-order valence-corrected chi connectivity index (χ2v) is 3.40. The standard InChI is InChI=1S/C8H16ClN3/c1-3-5-8-11(9)7-10-12(8)6-4-2/h7-8H,3-6H2,1-2H3. The zero-order chi connectivity index (χ0) is 8.97. The van der Waals surface area contributed by atoms with Crippen LogP contribution in [0.1, 0.15) is 33.1 Å². The Morgan fingerprint density at radius 2 is 2.17 bits per heavy atom. The molecule has 0 aromatic heterocycles. The molecule has 12 heavy (non-hydrogen) atoms. The molecular formula is C8H16ClN3. The van der Waals surface area contributed by atoms with E-state index < -0.39 is 0 Å². The molecule has 1 unspecified atom stereocenters. The van der Waals surface area contributed by atoms with Gasteiger partial charge >= 0.3 is 0 Å². The van der Waals surface area contributed by atoms with Gasteiger partial charge in [-0.2, -0.15) is 5.10 Å². The van der Waals surface area contributed by atoms with Gasteiger partial charge in [0.15, 0.2) is 0 Å². The summed E-state index contributed by atoms with van der Waals surface area (Å²) in [7, 11) is 0. The molecule has 0 spiro atoms. The molecule has 0 bridgehead atoms. The molecule has 0 fully saturated rings. The van der Waals surface area contributed by atoms with Crippen LogP contribution in [0.2, 0.25) is 0 Å². The van der Waals surface area contributed by atoms with Crippen molar-refractivity contribution in [1.82, 2.24) is 9.43 Å². The number of rotatable bonds is 4. The molecule has 4 heteroatoms. The Hall–Kier alpha value is -0.440. The third-order valence-corrected chi connectivity index (χ3v) is 2.25. The van der Waals surface area contributed by atoms with Crippen molar-refractivity contribution < 1.29 is 0 Å². The highest BCUT2D eigenvalue weighted by molar-refractivity contribution is 6.19. The van der Waals surface area contributed by atoms with Crippen LogP contribution in [-0.4, -0.2) is 28.5 Å². The lowest BCUT2D eigenvalue weighted by atomic mass is 10.2. The molecule has 0 aromatic rings. The largest absolute Gasteiger partial charge is 0.272 e. The van der Waals surface area contributed by atoms with Crippen molar-refractivity contribution in [2.75, 3.05) is 6.54 Å². The molecule has 0 amide bonds. The minimum atomic E-state index is 0.275. The lowest BCUT2D eigenvalue weighted by molar-refractivity contribution is 0.165. The van der Waals surface area contributed by atoms with Crippen LogP contribution >= 0.6 is 11.8 Å². The van der Waals surface area contributed by atoms with Crippen LogP contribution in [0.3, 0.4) is 0 Å². The molecule has 0 saturated carbocycles. The van der Waals surface area contributed by atoms with E-state index in [0.29, 0.717) is 0 Å². The number of halogens is 1. The summed E-state index contributed by atoms with van der Waals surface area (Å²) in [6.07, 6.45) is 5.29. The predicted molar refractivity (Wildman–Crippen MR) is 51.9 cm³/mol. The minimum absolute atomic E-state index is 0.275. The quantitative estimate of drug-likeness (QED) is 0.632. The summed E-state index contributed by atoms with van der Waals surface area (Å²) in [4.78, 5) is 0. The molecular weight excluding hydrogens is 174 g/mol. The highest BCUT2D eigenvalue weighted by Gasteiger charge is 2.24. The zero-order valence-corrected chi connectivity index (χ0v) is 8.46. The fourth-order valence-electron chi connectivity index (χ4n) is 1.36. The SMILES string of the molecule is CCCC1N(Cl)C=NN1CCC. The molecule has 1 atom stereocenters. The second kappa shape index (κ2) is 4.55. The number of hydrogen-bond acceptors (Lipinski definition) is 3. The molecule has 0 N–H and O–H groups in total. The van der Waals surface area contributed by atoms with Gasteiger partial charge in [-0.3, -0.25) is 5.01 Å². The van der Waals surface area contributed by atoms with E-state index in [4.69, 9.17) is 11.8 Å². The fraction of sp³-hybridized carbons (Fsp3) is 0.875. The van der Waals surface area contributed by atoms with E-state index in [0.717, 1.165) is 25.8 Å². The van der Waals surface area contributed by atoms with Crippen molar-refractivity contribution >= 4 is 18.1 Å². The first-order valence-electron chi connectivity index (χ1n) is 4.54. The maximum absolute atomic E-state index is 5.93. The molecule has 1 heterocycles. The van der Waals surface area contributed by atoms with E-state index in [9.17, 15) is 0 Å². The first kappa shape index (κ1) is 9.65. The second-order valence-electron chi connectivity index (χ2n) is 3.01. The van der Waals surface area contributed by atoms with Crippen molar-refractivity contribution in [3.05, 3.63) is 0 Å². The van der Waals surface area contributed by atoms with Gasteiger partial charge in [0.2, 0.25) is 0 Å². The fourth-order valence-corrected chi connectivity index (χ4v) is 1.60. The molecule has 70 valence electrons. The maximum Gasteiger partial charge on any atom is 0.134 e. The zero-order valence-electron chi connectivity index (χ0n) is 7.70. The van der Waals surface area contributed by atoms with E-state index in [1.807, 2.05) is 0 Å². The Labute approximate surface area is 79.1 Å². The third kappa shape index (κ3) is 2.03. The summed E-state index contributed by atoms with van der Waals surface area (Å²) in [5, 5.41) is 6.26. The Morgan fingerprint density at radius 3 is 2.75 bits per heavy atom. The van der Waals surface area contributed by atoms with Crippen molar-refractivity contribution in [3.8, 4) is 0 Å². The van der Waals surface area contributed by atoms with E-state index >= 15 is 0 Å². The Bertz CT molecular complexity index is 160. The van der Waals surface area contributed by atoms with E-state index in [-0.39, 0.29) is 6.17 Å². The van der Waals surface area contributed by atoms with Crippen LogP contribution in [0.25, 0.3) is 0 Å². The minimum Gasteiger partial charge on any atom is -0.272 e. The van der Waals surface area contributed by atoms with E-state index in [1.54, 1.807) is 10.8 Å². The Kier molecular flexibility index (Phi) is 3.66. The van der Waals surface area contributed by atoms with Gasteiger partial charge in [0.25, 0.3) is 0 Å². The van der Waals surface area contributed by atoms with Crippen LogP contribution in [-0.2, 0) is 0 Å². The van der Waals surface area contributed by atoms with Crippen LogP contribution in [0.5, 0.6) is 0 Å². The first-order valence-corrected chi connectivity index (χ1v) is 4.88. The molecule has 3 nitrogen and oxygen atoms in total. The average molecular weight is 190 g/mol. The number of hydrazone groups is 1. The number of nitrogens with zero attached hydrogens (tertiary/aromatic N) is 3.